The minimum Gasteiger partial charge on any atom is -0.379 e. The van der Waals surface area contributed by atoms with Crippen LogP contribution in [0, 0.1) is 6.92 Å². The molecule has 0 unspecified atom stereocenters. The summed E-state index contributed by atoms with van der Waals surface area (Å²) in [5, 5.41) is 3.07. The number of nitrogens with zero attached hydrogens (tertiary/aromatic N) is 2. The summed E-state index contributed by atoms with van der Waals surface area (Å²) in [4.78, 5) is 17.3. The van der Waals surface area contributed by atoms with E-state index in [2.05, 4.69) is 58.4 Å². The highest BCUT2D eigenvalue weighted by Crippen LogP contribution is 2.28. The quantitative estimate of drug-likeness (QED) is 0.746. The number of carbonyl (C=O) groups excluding carboxylic acids is 1. The molecule has 2 aromatic rings. The standard InChI is InChI=1S/C24H31N3O2/c1-19-2-4-21(5-3-19)17-27(23-10-11-23)18-24(28)25-22-8-6-20(7-9-22)16-26-12-14-29-15-13-26/h2-9,23H,10-18H2,1H3,(H,25,28). The van der Waals surface area contributed by atoms with Crippen LogP contribution in [0.3, 0.4) is 0 Å². The molecule has 5 heteroatoms. The summed E-state index contributed by atoms with van der Waals surface area (Å²) < 4.78 is 5.40. The molecular weight excluding hydrogens is 362 g/mol. The van der Waals surface area contributed by atoms with E-state index in [1.54, 1.807) is 0 Å². The fourth-order valence-corrected chi connectivity index (χ4v) is 3.78. The van der Waals surface area contributed by atoms with Gasteiger partial charge in [0.15, 0.2) is 0 Å². The van der Waals surface area contributed by atoms with Crippen LogP contribution in [0.2, 0.25) is 0 Å². The Kier molecular flexibility index (Phi) is 6.60. The van der Waals surface area contributed by atoms with Gasteiger partial charge < -0.3 is 10.1 Å². The van der Waals surface area contributed by atoms with Crippen LogP contribution in [0.5, 0.6) is 0 Å². The predicted octanol–water partition coefficient (Wildman–Crippen LogP) is 3.43. The van der Waals surface area contributed by atoms with E-state index in [0.717, 1.165) is 45.1 Å². The Hall–Kier alpha value is -2.21. The van der Waals surface area contributed by atoms with Crippen LogP contribution in [0.1, 0.15) is 29.5 Å². The molecule has 1 N–H and O–H groups in total. The molecule has 0 spiro atoms. The summed E-state index contributed by atoms with van der Waals surface area (Å²) in [6, 6.07) is 17.4. The normalized spacial score (nSPS) is 17.4. The molecular formula is C24H31N3O2. The first-order chi connectivity index (χ1) is 14.2. The van der Waals surface area contributed by atoms with Gasteiger partial charge in [-0.3, -0.25) is 14.6 Å². The number of benzene rings is 2. The van der Waals surface area contributed by atoms with Gasteiger partial charge >= 0.3 is 0 Å². The van der Waals surface area contributed by atoms with Gasteiger partial charge in [-0.15, -0.1) is 0 Å². The average molecular weight is 394 g/mol. The number of ether oxygens (including phenoxy) is 1. The topological polar surface area (TPSA) is 44.8 Å². The fourth-order valence-electron chi connectivity index (χ4n) is 3.78. The molecule has 0 bridgehead atoms. The Bertz CT molecular complexity index is 794. The minimum atomic E-state index is 0.0601. The smallest absolute Gasteiger partial charge is 0.238 e. The van der Waals surface area contributed by atoms with Crippen LogP contribution in [0.4, 0.5) is 5.69 Å². The molecule has 4 rings (SSSR count). The third-order valence-electron chi connectivity index (χ3n) is 5.66. The lowest BCUT2D eigenvalue weighted by molar-refractivity contribution is -0.117. The van der Waals surface area contributed by atoms with E-state index in [9.17, 15) is 4.79 Å². The highest BCUT2D eigenvalue weighted by Gasteiger charge is 2.30. The van der Waals surface area contributed by atoms with Crippen LogP contribution in [0.15, 0.2) is 48.5 Å². The molecule has 0 aromatic heterocycles. The Balaban J connectivity index is 1.29. The minimum absolute atomic E-state index is 0.0601. The molecule has 154 valence electrons. The molecule has 0 radical (unpaired) electrons. The summed E-state index contributed by atoms with van der Waals surface area (Å²) in [7, 11) is 0. The number of aryl methyl sites for hydroxylation is 1. The average Bonchev–Trinajstić information content (AvgIpc) is 3.57. The maximum atomic E-state index is 12.6. The number of carbonyl (C=O) groups is 1. The summed E-state index contributed by atoms with van der Waals surface area (Å²) >= 11 is 0. The molecule has 2 aliphatic rings. The van der Waals surface area contributed by atoms with E-state index < -0.39 is 0 Å². The van der Waals surface area contributed by atoms with Crippen molar-refractivity contribution in [2.24, 2.45) is 0 Å². The zero-order chi connectivity index (χ0) is 20.1. The largest absolute Gasteiger partial charge is 0.379 e. The Labute approximate surface area is 173 Å². The second kappa shape index (κ2) is 9.53. The third-order valence-corrected chi connectivity index (χ3v) is 5.66. The first kappa shape index (κ1) is 20.1. The van der Waals surface area contributed by atoms with E-state index >= 15 is 0 Å². The second-order valence-electron chi connectivity index (χ2n) is 8.26. The van der Waals surface area contributed by atoms with Crippen molar-refractivity contribution in [3.8, 4) is 0 Å². The van der Waals surface area contributed by atoms with Crippen molar-refractivity contribution >= 4 is 11.6 Å². The van der Waals surface area contributed by atoms with Gasteiger partial charge in [0.05, 0.1) is 19.8 Å². The zero-order valence-corrected chi connectivity index (χ0v) is 17.3. The van der Waals surface area contributed by atoms with Crippen molar-refractivity contribution < 1.29 is 9.53 Å². The Morgan fingerprint density at radius 2 is 1.69 bits per heavy atom. The summed E-state index contributed by atoms with van der Waals surface area (Å²) in [6.07, 6.45) is 2.38. The second-order valence-corrected chi connectivity index (χ2v) is 8.26. The molecule has 5 nitrogen and oxygen atoms in total. The van der Waals surface area contributed by atoms with E-state index in [1.807, 2.05) is 12.1 Å². The van der Waals surface area contributed by atoms with Crippen LogP contribution < -0.4 is 5.32 Å². The molecule has 1 saturated carbocycles. The maximum absolute atomic E-state index is 12.6. The van der Waals surface area contributed by atoms with Gasteiger partial charge in [0.2, 0.25) is 5.91 Å². The van der Waals surface area contributed by atoms with Gasteiger partial charge in [0.25, 0.3) is 0 Å². The van der Waals surface area contributed by atoms with Crippen molar-refractivity contribution in [2.75, 3.05) is 38.2 Å². The Morgan fingerprint density at radius 1 is 1.03 bits per heavy atom. The number of hydrogen-bond acceptors (Lipinski definition) is 4. The molecule has 1 aliphatic carbocycles. The molecule has 29 heavy (non-hydrogen) atoms. The molecule has 2 aromatic carbocycles. The highest BCUT2D eigenvalue weighted by atomic mass is 16.5. The van der Waals surface area contributed by atoms with Gasteiger partial charge in [-0.05, 0) is 43.0 Å². The Morgan fingerprint density at radius 3 is 2.34 bits per heavy atom. The number of amides is 1. The lowest BCUT2D eigenvalue weighted by Crippen LogP contribution is -2.35. The molecule has 1 aliphatic heterocycles. The summed E-state index contributed by atoms with van der Waals surface area (Å²) in [5.74, 6) is 0.0601. The summed E-state index contributed by atoms with van der Waals surface area (Å²) in [5.41, 5.74) is 4.67. The van der Waals surface area contributed by atoms with E-state index in [1.165, 1.54) is 29.5 Å². The van der Waals surface area contributed by atoms with Gasteiger partial charge in [-0.2, -0.15) is 0 Å². The van der Waals surface area contributed by atoms with Gasteiger partial charge in [-0.25, -0.2) is 0 Å². The maximum Gasteiger partial charge on any atom is 0.238 e. The fraction of sp³-hybridized carbons (Fsp3) is 0.458. The van der Waals surface area contributed by atoms with Crippen LogP contribution in [-0.4, -0.2) is 54.6 Å². The molecule has 2 fully saturated rings. The molecule has 1 heterocycles. The number of hydrogen-bond donors (Lipinski definition) is 1. The first-order valence-electron chi connectivity index (χ1n) is 10.6. The number of morpholine rings is 1. The van der Waals surface area contributed by atoms with Crippen molar-refractivity contribution in [1.29, 1.82) is 0 Å². The van der Waals surface area contributed by atoms with Crippen LogP contribution >= 0.6 is 0 Å². The number of nitrogens with one attached hydrogen (secondary N) is 1. The molecule has 1 amide bonds. The molecule has 0 atom stereocenters. The molecule has 1 saturated heterocycles. The third kappa shape index (κ3) is 6.13. The van der Waals surface area contributed by atoms with E-state index in [0.29, 0.717) is 12.6 Å². The first-order valence-corrected chi connectivity index (χ1v) is 10.6. The predicted molar refractivity (Wildman–Crippen MR) is 116 cm³/mol. The van der Waals surface area contributed by atoms with Gasteiger partial charge in [0.1, 0.15) is 0 Å². The zero-order valence-electron chi connectivity index (χ0n) is 17.3. The summed E-state index contributed by atoms with van der Waals surface area (Å²) in [6.45, 7) is 7.89. The van der Waals surface area contributed by atoms with Crippen molar-refractivity contribution in [3.63, 3.8) is 0 Å². The van der Waals surface area contributed by atoms with Crippen molar-refractivity contribution in [3.05, 3.63) is 65.2 Å². The number of anilines is 1. The van der Waals surface area contributed by atoms with Crippen molar-refractivity contribution in [1.82, 2.24) is 9.80 Å². The monoisotopic (exact) mass is 393 g/mol. The number of rotatable bonds is 8. The SMILES string of the molecule is Cc1ccc(CN(CC(=O)Nc2ccc(CN3CCOCC3)cc2)C2CC2)cc1. The van der Waals surface area contributed by atoms with Crippen LogP contribution in [-0.2, 0) is 22.6 Å². The van der Waals surface area contributed by atoms with Gasteiger partial charge in [0, 0.05) is 37.9 Å². The lowest BCUT2D eigenvalue weighted by atomic mass is 10.1. The van der Waals surface area contributed by atoms with E-state index in [4.69, 9.17) is 4.74 Å². The van der Waals surface area contributed by atoms with Crippen molar-refractivity contribution in [2.45, 2.75) is 38.9 Å². The van der Waals surface area contributed by atoms with E-state index in [-0.39, 0.29) is 5.91 Å². The van der Waals surface area contributed by atoms with Gasteiger partial charge in [-0.1, -0.05) is 42.0 Å². The highest BCUT2D eigenvalue weighted by molar-refractivity contribution is 5.92. The van der Waals surface area contributed by atoms with Crippen LogP contribution in [0.25, 0.3) is 0 Å². The lowest BCUT2D eigenvalue weighted by Gasteiger charge is -2.26.